The van der Waals surface area contributed by atoms with Crippen molar-refractivity contribution >= 4 is 0 Å². The lowest BCUT2D eigenvalue weighted by molar-refractivity contribution is 0.0919. The van der Waals surface area contributed by atoms with Crippen LogP contribution in [0.5, 0.6) is 0 Å². The van der Waals surface area contributed by atoms with Gasteiger partial charge in [-0.15, -0.1) is 0 Å². The Morgan fingerprint density at radius 3 is 2.81 bits per heavy atom. The maximum Gasteiger partial charge on any atom is 0.123 e. The number of aliphatic hydroxyl groups is 1. The minimum atomic E-state index is -0.605. The summed E-state index contributed by atoms with van der Waals surface area (Å²) in [4.78, 5) is 0. The molecule has 0 saturated heterocycles. The number of methoxy groups -OCH3 is 1. The third-order valence-corrected chi connectivity index (χ3v) is 2.61. The monoisotopic (exact) mass is 227 g/mol. The van der Waals surface area contributed by atoms with Gasteiger partial charge in [0.05, 0.1) is 6.10 Å². The first-order valence-electron chi connectivity index (χ1n) is 5.31. The second kappa shape index (κ2) is 6.58. The van der Waals surface area contributed by atoms with Gasteiger partial charge in [-0.1, -0.05) is 12.1 Å². The van der Waals surface area contributed by atoms with E-state index in [1.807, 2.05) is 0 Å². The summed E-state index contributed by atoms with van der Waals surface area (Å²) in [6.07, 6.45) is -0.110. The fourth-order valence-electron chi connectivity index (χ4n) is 1.69. The lowest BCUT2D eigenvalue weighted by atomic mass is 9.92. The number of ether oxygens (including phenoxy) is 1. The zero-order chi connectivity index (χ0) is 12.0. The standard InChI is InChI=1S/C12H18FNO2/c1-16-6-5-12(15)11(8-14)9-3-2-4-10(13)7-9/h2-4,7,11-12,15H,5-6,8,14H2,1H3. The lowest BCUT2D eigenvalue weighted by Crippen LogP contribution is -2.27. The summed E-state index contributed by atoms with van der Waals surface area (Å²) in [6.45, 7) is 0.751. The zero-order valence-corrected chi connectivity index (χ0v) is 9.40. The van der Waals surface area contributed by atoms with E-state index < -0.39 is 6.10 Å². The molecule has 0 heterocycles. The normalized spacial score (nSPS) is 14.8. The van der Waals surface area contributed by atoms with E-state index in [1.54, 1.807) is 19.2 Å². The summed E-state index contributed by atoms with van der Waals surface area (Å²) in [7, 11) is 1.58. The Labute approximate surface area is 95.0 Å². The molecule has 1 aromatic rings. The first-order chi connectivity index (χ1) is 7.69. The molecular formula is C12H18FNO2. The van der Waals surface area contributed by atoms with Crippen LogP contribution in [0.15, 0.2) is 24.3 Å². The van der Waals surface area contributed by atoms with Crippen molar-refractivity contribution in [1.29, 1.82) is 0 Å². The highest BCUT2D eigenvalue weighted by atomic mass is 19.1. The number of nitrogens with two attached hydrogens (primary N) is 1. The molecule has 0 aliphatic carbocycles. The molecule has 3 nitrogen and oxygen atoms in total. The maximum absolute atomic E-state index is 13.0. The van der Waals surface area contributed by atoms with Crippen molar-refractivity contribution < 1.29 is 14.2 Å². The molecule has 16 heavy (non-hydrogen) atoms. The minimum Gasteiger partial charge on any atom is -0.392 e. The Kier molecular flexibility index (Phi) is 5.38. The van der Waals surface area contributed by atoms with Crippen molar-refractivity contribution in [3.63, 3.8) is 0 Å². The smallest absolute Gasteiger partial charge is 0.123 e. The predicted molar refractivity (Wildman–Crippen MR) is 60.7 cm³/mol. The van der Waals surface area contributed by atoms with E-state index >= 15 is 0 Å². The molecule has 0 aromatic heterocycles. The lowest BCUT2D eigenvalue weighted by Gasteiger charge is -2.21. The molecule has 4 heteroatoms. The van der Waals surface area contributed by atoms with Crippen molar-refractivity contribution in [2.24, 2.45) is 5.73 Å². The second-order valence-corrected chi connectivity index (χ2v) is 3.75. The minimum absolute atomic E-state index is 0.245. The van der Waals surface area contributed by atoms with Gasteiger partial charge in [0.15, 0.2) is 0 Å². The van der Waals surface area contributed by atoms with Gasteiger partial charge in [0.2, 0.25) is 0 Å². The van der Waals surface area contributed by atoms with Crippen LogP contribution in [0, 0.1) is 5.82 Å². The van der Waals surface area contributed by atoms with E-state index in [0.717, 1.165) is 5.56 Å². The summed E-state index contributed by atoms with van der Waals surface area (Å²) in [5, 5.41) is 9.90. The van der Waals surface area contributed by atoms with Crippen molar-refractivity contribution in [2.75, 3.05) is 20.3 Å². The Morgan fingerprint density at radius 1 is 1.50 bits per heavy atom. The van der Waals surface area contributed by atoms with Gasteiger partial charge >= 0.3 is 0 Å². The van der Waals surface area contributed by atoms with Gasteiger partial charge in [-0.3, -0.25) is 0 Å². The van der Waals surface area contributed by atoms with Crippen molar-refractivity contribution in [1.82, 2.24) is 0 Å². The number of benzene rings is 1. The van der Waals surface area contributed by atoms with Crippen LogP contribution in [0.25, 0.3) is 0 Å². The quantitative estimate of drug-likeness (QED) is 0.769. The number of hydrogen-bond acceptors (Lipinski definition) is 3. The SMILES string of the molecule is COCCC(O)C(CN)c1cccc(F)c1. The van der Waals surface area contributed by atoms with Gasteiger partial charge in [-0.2, -0.15) is 0 Å². The molecule has 0 radical (unpaired) electrons. The van der Waals surface area contributed by atoms with E-state index in [-0.39, 0.29) is 18.3 Å². The zero-order valence-electron chi connectivity index (χ0n) is 9.40. The third kappa shape index (κ3) is 3.56. The first-order valence-corrected chi connectivity index (χ1v) is 5.31. The molecule has 0 fully saturated rings. The summed E-state index contributed by atoms with van der Waals surface area (Å²) in [5.74, 6) is -0.555. The fraction of sp³-hybridized carbons (Fsp3) is 0.500. The largest absolute Gasteiger partial charge is 0.392 e. The molecule has 0 spiro atoms. The Bertz CT molecular complexity index is 320. The molecule has 0 amide bonds. The van der Waals surface area contributed by atoms with Crippen LogP contribution in [0.3, 0.4) is 0 Å². The number of rotatable bonds is 6. The molecule has 0 bridgehead atoms. The number of halogens is 1. The Morgan fingerprint density at radius 2 is 2.25 bits per heavy atom. The van der Waals surface area contributed by atoms with Crippen molar-refractivity contribution in [2.45, 2.75) is 18.4 Å². The Balaban J connectivity index is 2.73. The summed E-state index contributed by atoms with van der Waals surface area (Å²) in [5.41, 5.74) is 6.33. The second-order valence-electron chi connectivity index (χ2n) is 3.75. The highest BCUT2D eigenvalue weighted by molar-refractivity contribution is 5.22. The first kappa shape index (κ1) is 13.1. The summed E-state index contributed by atoms with van der Waals surface area (Å²) < 4.78 is 17.9. The van der Waals surface area contributed by atoms with Crippen molar-refractivity contribution in [3.05, 3.63) is 35.6 Å². The summed E-state index contributed by atoms with van der Waals surface area (Å²) >= 11 is 0. The third-order valence-electron chi connectivity index (χ3n) is 2.61. The molecule has 2 unspecified atom stereocenters. The van der Waals surface area contributed by atoms with Crippen molar-refractivity contribution in [3.8, 4) is 0 Å². The highest BCUT2D eigenvalue weighted by Crippen LogP contribution is 2.21. The highest BCUT2D eigenvalue weighted by Gasteiger charge is 2.19. The van der Waals surface area contributed by atoms with Crippen LogP contribution < -0.4 is 5.73 Å². The molecule has 0 aliphatic heterocycles. The van der Waals surface area contributed by atoms with Gasteiger partial charge in [-0.05, 0) is 24.1 Å². The van der Waals surface area contributed by atoms with E-state index in [1.165, 1.54) is 12.1 Å². The van der Waals surface area contributed by atoms with Crippen LogP contribution >= 0.6 is 0 Å². The van der Waals surface area contributed by atoms with Gasteiger partial charge in [0.25, 0.3) is 0 Å². The molecule has 1 aromatic carbocycles. The van der Waals surface area contributed by atoms with Crippen LogP contribution in [0.2, 0.25) is 0 Å². The van der Waals surface area contributed by atoms with Crippen LogP contribution in [0.1, 0.15) is 17.9 Å². The maximum atomic E-state index is 13.0. The van der Waals surface area contributed by atoms with Gasteiger partial charge in [0.1, 0.15) is 5.82 Å². The van der Waals surface area contributed by atoms with Crippen LogP contribution in [-0.2, 0) is 4.74 Å². The van der Waals surface area contributed by atoms with Crippen LogP contribution in [0.4, 0.5) is 4.39 Å². The number of aliphatic hydroxyl groups excluding tert-OH is 1. The number of hydrogen-bond donors (Lipinski definition) is 2. The molecule has 3 N–H and O–H groups in total. The molecule has 1 rings (SSSR count). The van der Waals surface area contributed by atoms with E-state index in [2.05, 4.69) is 0 Å². The molecule has 0 aliphatic rings. The molecular weight excluding hydrogens is 209 g/mol. The molecule has 0 saturated carbocycles. The summed E-state index contributed by atoms with van der Waals surface area (Å²) in [6, 6.07) is 6.18. The van der Waals surface area contributed by atoms with Gasteiger partial charge < -0.3 is 15.6 Å². The van der Waals surface area contributed by atoms with E-state index in [0.29, 0.717) is 13.0 Å². The predicted octanol–water partition coefficient (Wildman–Crippen LogP) is 1.27. The van der Waals surface area contributed by atoms with E-state index in [9.17, 15) is 9.50 Å². The topological polar surface area (TPSA) is 55.5 Å². The molecule has 90 valence electrons. The molecule has 2 atom stereocenters. The average Bonchev–Trinajstić information content (AvgIpc) is 2.27. The van der Waals surface area contributed by atoms with E-state index in [4.69, 9.17) is 10.5 Å². The van der Waals surface area contributed by atoms with Gasteiger partial charge in [0, 0.05) is 26.2 Å². The van der Waals surface area contributed by atoms with Gasteiger partial charge in [-0.25, -0.2) is 4.39 Å². The average molecular weight is 227 g/mol. The Hall–Kier alpha value is -0.970. The van der Waals surface area contributed by atoms with Crippen LogP contribution in [-0.4, -0.2) is 31.5 Å². The fourth-order valence-corrected chi connectivity index (χ4v) is 1.69.